The number of ether oxygens (including phenoxy) is 5. The molecular weight excluding hydrogens is 280 g/mol. The lowest BCUT2D eigenvalue weighted by atomic mass is 10.3. The van der Waals surface area contributed by atoms with Crippen LogP contribution in [0.3, 0.4) is 0 Å². The van der Waals surface area contributed by atoms with Crippen molar-refractivity contribution in [3.63, 3.8) is 0 Å². The fourth-order valence-electron chi connectivity index (χ4n) is 1.47. The molecule has 0 fully saturated rings. The number of unbranched alkanes of at least 4 members (excludes halogenated alkanes) is 1. The van der Waals surface area contributed by atoms with Crippen LogP contribution >= 0.6 is 0 Å². The van der Waals surface area contributed by atoms with E-state index in [2.05, 4.69) is 11.7 Å². The number of carboxylic acid groups (broad SMARTS) is 1. The minimum Gasteiger partial charge on any atom is -0.450 e. The molecule has 126 valence electrons. The predicted octanol–water partition coefficient (Wildman–Crippen LogP) is 1.94. The highest BCUT2D eigenvalue weighted by atomic mass is 16.7. The predicted molar refractivity (Wildman–Crippen MR) is 76.8 cm³/mol. The van der Waals surface area contributed by atoms with Crippen LogP contribution in [0.15, 0.2) is 0 Å². The molecule has 0 aromatic rings. The third kappa shape index (κ3) is 15.3. The molecule has 21 heavy (non-hydrogen) atoms. The lowest BCUT2D eigenvalue weighted by Crippen LogP contribution is -2.25. The minimum atomic E-state index is -1.30. The molecule has 0 aromatic carbocycles. The van der Waals surface area contributed by atoms with Crippen molar-refractivity contribution in [3.05, 3.63) is 0 Å². The van der Waals surface area contributed by atoms with Crippen molar-refractivity contribution in [3.8, 4) is 0 Å². The first kappa shape index (κ1) is 20.1. The van der Waals surface area contributed by atoms with Crippen molar-refractivity contribution in [2.75, 3.05) is 53.4 Å². The van der Waals surface area contributed by atoms with Gasteiger partial charge in [-0.3, -0.25) is 0 Å². The number of hydrogen-bond acceptors (Lipinski definition) is 6. The molecule has 0 aromatic heterocycles. The normalized spacial score (nSPS) is 12.3. The second-order valence-electron chi connectivity index (χ2n) is 4.43. The van der Waals surface area contributed by atoms with Gasteiger partial charge in [0, 0.05) is 26.7 Å². The van der Waals surface area contributed by atoms with Crippen LogP contribution < -0.4 is 0 Å². The van der Waals surface area contributed by atoms with Crippen LogP contribution in [0, 0.1) is 0 Å². The summed E-state index contributed by atoms with van der Waals surface area (Å²) in [4.78, 5) is 10.4. The topological polar surface area (TPSA) is 83.5 Å². The number of hydrogen-bond donors (Lipinski definition) is 1. The molecule has 0 radical (unpaired) electrons. The lowest BCUT2D eigenvalue weighted by Gasteiger charge is -2.16. The summed E-state index contributed by atoms with van der Waals surface area (Å²) in [6.45, 7) is 5.29. The van der Waals surface area contributed by atoms with Gasteiger partial charge < -0.3 is 28.8 Å². The maximum atomic E-state index is 10.4. The molecule has 7 heteroatoms. The van der Waals surface area contributed by atoms with E-state index in [0.717, 1.165) is 19.4 Å². The van der Waals surface area contributed by atoms with E-state index in [1.807, 2.05) is 0 Å². The third-order valence-corrected chi connectivity index (χ3v) is 2.63. The first-order valence-corrected chi connectivity index (χ1v) is 7.32. The minimum absolute atomic E-state index is 0.00117. The molecule has 0 aliphatic heterocycles. The molecule has 0 saturated carbocycles. The van der Waals surface area contributed by atoms with Gasteiger partial charge in [0.15, 0.2) is 0 Å². The molecule has 0 amide bonds. The summed E-state index contributed by atoms with van der Waals surface area (Å²) >= 11 is 0. The Balaban J connectivity index is 3.51. The highest BCUT2D eigenvalue weighted by Crippen LogP contribution is 2.01. The molecule has 0 bridgehead atoms. The Kier molecular flexibility index (Phi) is 14.8. The molecule has 0 saturated heterocycles. The van der Waals surface area contributed by atoms with Gasteiger partial charge in [0.1, 0.15) is 6.61 Å². The average molecular weight is 308 g/mol. The second kappa shape index (κ2) is 15.5. The van der Waals surface area contributed by atoms with Crippen molar-refractivity contribution in [1.29, 1.82) is 0 Å². The van der Waals surface area contributed by atoms with E-state index < -0.39 is 6.16 Å². The van der Waals surface area contributed by atoms with E-state index >= 15 is 0 Å². The van der Waals surface area contributed by atoms with E-state index in [4.69, 9.17) is 24.1 Å². The van der Waals surface area contributed by atoms with Crippen LogP contribution in [0.1, 0.15) is 26.2 Å². The Labute approximate surface area is 126 Å². The zero-order valence-corrected chi connectivity index (χ0v) is 13.0. The summed E-state index contributed by atoms with van der Waals surface area (Å²) in [5.74, 6) is 0. The van der Waals surface area contributed by atoms with Gasteiger partial charge in [0.05, 0.1) is 32.5 Å². The van der Waals surface area contributed by atoms with Crippen molar-refractivity contribution in [1.82, 2.24) is 0 Å². The zero-order valence-electron chi connectivity index (χ0n) is 13.0. The molecule has 1 N–H and O–H groups in total. The average Bonchev–Trinajstić information content (AvgIpc) is 2.47. The molecule has 1 atom stereocenters. The first-order chi connectivity index (χ1) is 10.2. The van der Waals surface area contributed by atoms with Gasteiger partial charge in [0.2, 0.25) is 0 Å². The van der Waals surface area contributed by atoms with Crippen LogP contribution in [0.5, 0.6) is 0 Å². The Bertz CT molecular complexity index is 235. The summed E-state index contributed by atoms with van der Waals surface area (Å²) in [5.41, 5.74) is 0. The lowest BCUT2D eigenvalue weighted by molar-refractivity contribution is -0.0458. The number of methoxy groups -OCH3 is 1. The van der Waals surface area contributed by atoms with Gasteiger partial charge in [-0.15, -0.1) is 0 Å². The molecule has 0 aliphatic rings. The van der Waals surface area contributed by atoms with Crippen LogP contribution in [-0.4, -0.2) is 70.7 Å². The van der Waals surface area contributed by atoms with Crippen LogP contribution in [-0.2, 0) is 23.7 Å². The number of carbonyl (C=O) groups is 1. The Morgan fingerprint density at radius 3 is 2.33 bits per heavy atom. The number of rotatable bonds is 15. The van der Waals surface area contributed by atoms with Crippen molar-refractivity contribution >= 4 is 6.16 Å². The van der Waals surface area contributed by atoms with Gasteiger partial charge in [-0.05, 0) is 6.42 Å². The standard InChI is InChI=1S/C14H28O7/c1-3-4-6-18-8-9-19-10-11-20-13(5-7-17-2)12-21-14(15)16/h13H,3-12H2,1-2H3,(H,15,16). The maximum Gasteiger partial charge on any atom is 0.505 e. The van der Waals surface area contributed by atoms with Gasteiger partial charge >= 0.3 is 6.16 Å². The van der Waals surface area contributed by atoms with Crippen LogP contribution in [0.25, 0.3) is 0 Å². The van der Waals surface area contributed by atoms with E-state index in [-0.39, 0.29) is 12.7 Å². The van der Waals surface area contributed by atoms with E-state index in [1.165, 1.54) is 0 Å². The Hall–Kier alpha value is -0.890. The van der Waals surface area contributed by atoms with Crippen LogP contribution in [0.4, 0.5) is 4.79 Å². The van der Waals surface area contributed by atoms with E-state index in [0.29, 0.717) is 39.5 Å². The fraction of sp³-hybridized carbons (Fsp3) is 0.929. The maximum absolute atomic E-state index is 10.4. The van der Waals surface area contributed by atoms with Gasteiger partial charge in [-0.1, -0.05) is 13.3 Å². The third-order valence-electron chi connectivity index (χ3n) is 2.63. The molecule has 0 rings (SSSR count). The van der Waals surface area contributed by atoms with Crippen LogP contribution in [0.2, 0.25) is 0 Å². The fourth-order valence-corrected chi connectivity index (χ4v) is 1.47. The first-order valence-electron chi connectivity index (χ1n) is 7.32. The summed E-state index contributed by atoms with van der Waals surface area (Å²) in [5, 5.41) is 8.47. The highest BCUT2D eigenvalue weighted by molar-refractivity contribution is 5.56. The smallest absolute Gasteiger partial charge is 0.450 e. The van der Waals surface area contributed by atoms with Gasteiger partial charge in [-0.25, -0.2) is 4.79 Å². The second-order valence-corrected chi connectivity index (χ2v) is 4.43. The molecule has 0 heterocycles. The molecule has 0 spiro atoms. The Morgan fingerprint density at radius 1 is 1.05 bits per heavy atom. The zero-order chi connectivity index (χ0) is 15.8. The summed E-state index contributed by atoms with van der Waals surface area (Å²) in [7, 11) is 1.58. The van der Waals surface area contributed by atoms with Gasteiger partial charge in [-0.2, -0.15) is 0 Å². The summed E-state index contributed by atoms with van der Waals surface area (Å²) < 4.78 is 25.7. The van der Waals surface area contributed by atoms with Crippen molar-refractivity contribution in [2.24, 2.45) is 0 Å². The van der Waals surface area contributed by atoms with E-state index in [9.17, 15) is 4.79 Å². The largest absolute Gasteiger partial charge is 0.505 e. The van der Waals surface area contributed by atoms with Crippen molar-refractivity contribution in [2.45, 2.75) is 32.3 Å². The molecular formula is C14H28O7. The quantitative estimate of drug-likeness (QED) is 0.365. The summed E-state index contributed by atoms with van der Waals surface area (Å²) in [6.07, 6.45) is 1.14. The molecule has 0 aliphatic carbocycles. The molecule has 1 unspecified atom stereocenters. The highest BCUT2D eigenvalue weighted by Gasteiger charge is 2.11. The SMILES string of the molecule is CCCCOCCOCCOC(CCOC)COC(=O)O. The monoisotopic (exact) mass is 308 g/mol. The summed E-state index contributed by atoms with van der Waals surface area (Å²) in [6, 6.07) is 0. The Morgan fingerprint density at radius 2 is 1.71 bits per heavy atom. The van der Waals surface area contributed by atoms with E-state index in [1.54, 1.807) is 7.11 Å². The van der Waals surface area contributed by atoms with Gasteiger partial charge in [0.25, 0.3) is 0 Å². The molecule has 7 nitrogen and oxygen atoms in total. The van der Waals surface area contributed by atoms with Crippen molar-refractivity contribution < 1.29 is 33.6 Å².